The van der Waals surface area contributed by atoms with Crippen molar-refractivity contribution >= 4 is 8.96 Å². The summed E-state index contributed by atoms with van der Waals surface area (Å²) in [6.07, 6.45) is 2.21. The molecular weight excluding hydrogens is 150 g/mol. The summed E-state index contributed by atoms with van der Waals surface area (Å²) < 4.78 is 2.61. The van der Waals surface area contributed by atoms with Crippen molar-refractivity contribution in [2.24, 2.45) is 0 Å². The Kier molecular flexibility index (Phi) is 6.57. The Morgan fingerprint density at radius 3 is 2.00 bits per heavy atom. The molecular formula is C9H21NSi. The molecule has 0 heterocycles. The molecule has 0 bridgehead atoms. The van der Waals surface area contributed by atoms with Crippen LogP contribution < -0.4 is 0 Å². The number of nitrogens with zero attached hydrogens (tertiary/aromatic N) is 1. The van der Waals surface area contributed by atoms with Gasteiger partial charge in [-0.15, -0.1) is 0 Å². The third-order valence-corrected chi connectivity index (χ3v) is 5.45. The summed E-state index contributed by atoms with van der Waals surface area (Å²) >= 11 is 0. The van der Waals surface area contributed by atoms with Gasteiger partial charge >= 0.3 is 0 Å². The van der Waals surface area contributed by atoms with Crippen LogP contribution >= 0.6 is 0 Å². The van der Waals surface area contributed by atoms with Gasteiger partial charge < -0.3 is 4.57 Å². The summed E-state index contributed by atoms with van der Waals surface area (Å²) in [7, 11) is -0.675. The summed E-state index contributed by atoms with van der Waals surface area (Å²) in [5.74, 6) is 0. The Morgan fingerprint density at radius 2 is 1.73 bits per heavy atom. The third kappa shape index (κ3) is 3.73. The van der Waals surface area contributed by atoms with Crippen LogP contribution in [-0.2, 0) is 0 Å². The first kappa shape index (κ1) is 10.9. The summed E-state index contributed by atoms with van der Waals surface area (Å²) in [5.41, 5.74) is 2.42. The van der Waals surface area contributed by atoms with E-state index in [0.717, 1.165) is 0 Å². The van der Waals surface area contributed by atoms with Crippen LogP contribution in [0, 0.1) is 0 Å². The van der Waals surface area contributed by atoms with Gasteiger partial charge in [0.25, 0.3) is 0 Å². The normalized spacial score (nSPS) is 14.6. The minimum absolute atomic E-state index is 0.675. The predicted molar refractivity (Wildman–Crippen MR) is 55.4 cm³/mol. The largest absolute Gasteiger partial charge is 0.323 e. The van der Waals surface area contributed by atoms with Crippen molar-refractivity contribution < 1.29 is 0 Å². The van der Waals surface area contributed by atoms with Gasteiger partial charge in [0.2, 0.25) is 0 Å². The molecule has 0 aromatic rings. The number of hydrogen-bond donors (Lipinski definition) is 0. The van der Waals surface area contributed by atoms with E-state index >= 15 is 0 Å². The van der Waals surface area contributed by atoms with Crippen molar-refractivity contribution in [1.82, 2.24) is 4.57 Å². The molecule has 2 heteroatoms. The molecule has 11 heavy (non-hydrogen) atoms. The molecule has 1 unspecified atom stereocenters. The van der Waals surface area contributed by atoms with Crippen LogP contribution in [0.15, 0.2) is 11.8 Å². The van der Waals surface area contributed by atoms with Gasteiger partial charge in [-0.3, -0.25) is 0 Å². The van der Waals surface area contributed by atoms with Gasteiger partial charge in [-0.05, 0) is 26.1 Å². The molecule has 0 radical (unpaired) electrons. The summed E-state index contributed by atoms with van der Waals surface area (Å²) in [6, 6.07) is 1.35. The third-order valence-electron chi connectivity index (χ3n) is 2.11. The maximum atomic E-state index is 2.61. The number of allylic oxidation sites excluding steroid dienone is 1. The van der Waals surface area contributed by atoms with Gasteiger partial charge in [-0.2, -0.15) is 0 Å². The predicted octanol–water partition coefficient (Wildman–Crippen LogP) is 2.19. The van der Waals surface area contributed by atoms with Crippen LogP contribution in [-0.4, -0.2) is 26.6 Å². The molecule has 1 atom stereocenters. The van der Waals surface area contributed by atoms with Gasteiger partial charge in [0.1, 0.15) is 8.96 Å². The molecule has 0 aliphatic carbocycles. The van der Waals surface area contributed by atoms with Crippen LogP contribution in [0.3, 0.4) is 0 Å². The monoisotopic (exact) mass is 171 g/mol. The smallest absolute Gasteiger partial charge is 0.135 e. The lowest BCUT2D eigenvalue weighted by Gasteiger charge is -2.24. The Morgan fingerprint density at radius 1 is 1.18 bits per heavy atom. The Balaban J connectivity index is 3.97. The minimum Gasteiger partial charge on any atom is -0.323 e. The quantitative estimate of drug-likeness (QED) is 0.573. The van der Waals surface area contributed by atoms with E-state index in [-0.39, 0.29) is 0 Å². The van der Waals surface area contributed by atoms with E-state index in [1.165, 1.54) is 19.1 Å². The second kappa shape index (κ2) is 6.62. The fourth-order valence-corrected chi connectivity index (χ4v) is 3.85. The zero-order valence-corrected chi connectivity index (χ0v) is 9.46. The molecule has 0 aromatic carbocycles. The van der Waals surface area contributed by atoms with Crippen LogP contribution in [0.5, 0.6) is 0 Å². The first-order valence-corrected chi connectivity index (χ1v) is 6.66. The van der Waals surface area contributed by atoms with Gasteiger partial charge in [-0.25, -0.2) is 0 Å². The number of hydrogen-bond acceptors (Lipinski definition) is 1. The average molecular weight is 171 g/mol. The van der Waals surface area contributed by atoms with Gasteiger partial charge in [0.05, 0.1) is 0 Å². The molecule has 66 valence electrons. The van der Waals surface area contributed by atoms with E-state index in [2.05, 4.69) is 44.0 Å². The summed E-state index contributed by atoms with van der Waals surface area (Å²) in [5, 5.41) is 0. The van der Waals surface area contributed by atoms with Crippen molar-refractivity contribution in [2.45, 2.75) is 33.7 Å². The van der Waals surface area contributed by atoms with Crippen molar-refractivity contribution in [2.75, 3.05) is 13.1 Å². The molecule has 0 aliphatic heterocycles. The maximum Gasteiger partial charge on any atom is 0.135 e. The van der Waals surface area contributed by atoms with E-state index in [4.69, 9.17) is 0 Å². The van der Waals surface area contributed by atoms with Gasteiger partial charge in [-0.1, -0.05) is 32.5 Å². The zero-order valence-electron chi connectivity index (χ0n) is 8.30. The average Bonchev–Trinajstić information content (AvgIpc) is 2.05. The van der Waals surface area contributed by atoms with E-state index in [9.17, 15) is 0 Å². The zero-order chi connectivity index (χ0) is 8.69. The maximum absolute atomic E-state index is 2.61. The fourth-order valence-electron chi connectivity index (χ4n) is 1.43. The molecule has 0 saturated carbocycles. The van der Waals surface area contributed by atoms with Crippen LogP contribution in [0.2, 0.25) is 6.04 Å². The SMILES string of the molecule is CC=C[SiH](CC)N(CC)CC. The first-order chi connectivity index (χ1) is 5.29. The molecule has 1 nitrogen and oxygen atoms in total. The fraction of sp³-hybridized carbons (Fsp3) is 0.778. The molecule has 0 fully saturated rings. The molecule has 0 aliphatic rings. The molecule has 0 amide bonds. The topological polar surface area (TPSA) is 3.24 Å². The summed E-state index contributed by atoms with van der Waals surface area (Å²) in [6.45, 7) is 11.4. The summed E-state index contributed by atoms with van der Waals surface area (Å²) in [4.78, 5) is 0. The minimum atomic E-state index is -0.675. The molecule has 0 spiro atoms. The second-order valence-corrected chi connectivity index (χ2v) is 5.79. The lowest BCUT2D eigenvalue weighted by Crippen LogP contribution is -2.37. The molecule has 0 N–H and O–H groups in total. The van der Waals surface area contributed by atoms with Crippen molar-refractivity contribution in [3.05, 3.63) is 11.8 Å². The lowest BCUT2D eigenvalue weighted by molar-refractivity contribution is 0.483. The highest BCUT2D eigenvalue weighted by molar-refractivity contribution is 6.61. The number of rotatable bonds is 5. The van der Waals surface area contributed by atoms with Crippen LogP contribution in [0.4, 0.5) is 0 Å². The van der Waals surface area contributed by atoms with E-state index in [0.29, 0.717) is 0 Å². The highest BCUT2D eigenvalue weighted by Crippen LogP contribution is 2.01. The Hall–Kier alpha value is -0.0831. The standard InChI is InChI=1S/C9H21NSi/c1-5-9-11(8-4)10(6-2)7-3/h5,9,11H,6-8H2,1-4H3. The Bertz CT molecular complexity index is 108. The van der Waals surface area contributed by atoms with E-state index < -0.39 is 8.96 Å². The first-order valence-electron chi connectivity index (χ1n) is 4.66. The lowest BCUT2D eigenvalue weighted by atomic mass is 10.7. The van der Waals surface area contributed by atoms with Crippen molar-refractivity contribution in [3.8, 4) is 0 Å². The van der Waals surface area contributed by atoms with Crippen LogP contribution in [0.25, 0.3) is 0 Å². The van der Waals surface area contributed by atoms with Gasteiger partial charge in [0.15, 0.2) is 0 Å². The highest BCUT2D eigenvalue weighted by atomic mass is 28.3. The molecule has 0 saturated heterocycles. The molecule has 0 rings (SSSR count). The molecule has 0 aromatic heterocycles. The van der Waals surface area contributed by atoms with Crippen molar-refractivity contribution in [1.29, 1.82) is 0 Å². The van der Waals surface area contributed by atoms with E-state index in [1.807, 2.05) is 0 Å². The van der Waals surface area contributed by atoms with Gasteiger partial charge in [0, 0.05) is 0 Å². The van der Waals surface area contributed by atoms with Crippen molar-refractivity contribution in [3.63, 3.8) is 0 Å². The Labute approximate surface area is 72.8 Å². The second-order valence-electron chi connectivity index (χ2n) is 2.72. The van der Waals surface area contributed by atoms with Crippen LogP contribution in [0.1, 0.15) is 27.7 Å². The van der Waals surface area contributed by atoms with E-state index in [1.54, 1.807) is 0 Å². The highest BCUT2D eigenvalue weighted by Gasteiger charge is 2.10.